The summed E-state index contributed by atoms with van der Waals surface area (Å²) in [6.45, 7) is 0.960. The Hall–Kier alpha value is -1.45. The molecule has 1 rings (SSSR count). The maximum absolute atomic E-state index is 10.5. The molecule has 0 saturated heterocycles. The molecule has 0 amide bonds. The van der Waals surface area contributed by atoms with E-state index < -0.39 is 6.16 Å². The second-order valence-corrected chi connectivity index (χ2v) is 2.76. The van der Waals surface area contributed by atoms with E-state index in [0.29, 0.717) is 0 Å². The second-order valence-electron chi connectivity index (χ2n) is 2.76. The third kappa shape index (κ3) is 3.98. The lowest BCUT2D eigenvalue weighted by molar-refractivity contribution is 0.0817. The van der Waals surface area contributed by atoms with Crippen LogP contribution in [0.15, 0.2) is 24.0 Å². The van der Waals surface area contributed by atoms with E-state index in [1.54, 1.807) is 12.2 Å². The fraction of sp³-hybridized carbons (Fsp3) is 0.500. The van der Waals surface area contributed by atoms with Crippen LogP contribution in [0.1, 0.15) is 12.8 Å². The predicted octanol–water partition coefficient (Wildman–Crippen LogP) is 2.02. The number of ether oxygens (including phenoxy) is 3. The van der Waals surface area contributed by atoms with Crippen molar-refractivity contribution < 1.29 is 19.0 Å². The molecule has 1 aliphatic rings. The number of hydrogen-bond acceptors (Lipinski definition) is 4. The Labute approximate surface area is 83.1 Å². The van der Waals surface area contributed by atoms with E-state index >= 15 is 0 Å². The first-order valence-corrected chi connectivity index (χ1v) is 4.53. The van der Waals surface area contributed by atoms with Crippen molar-refractivity contribution in [3.05, 3.63) is 24.0 Å². The van der Waals surface area contributed by atoms with Crippen molar-refractivity contribution in [2.75, 3.05) is 20.3 Å². The first-order valence-electron chi connectivity index (χ1n) is 4.53. The number of rotatable bonds is 3. The van der Waals surface area contributed by atoms with Crippen molar-refractivity contribution in [3.8, 4) is 0 Å². The normalized spacial score (nSPS) is 15.9. The second kappa shape index (κ2) is 6.07. The topological polar surface area (TPSA) is 44.8 Å². The molecule has 0 aromatic heterocycles. The van der Waals surface area contributed by atoms with Crippen LogP contribution in [-0.4, -0.2) is 26.5 Å². The Bertz CT molecular complexity index is 243. The van der Waals surface area contributed by atoms with Crippen molar-refractivity contribution in [1.82, 2.24) is 0 Å². The Morgan fingerprint density at radius 1 is 1.71 bits per heavy atom. The standard InChI is InChI=1S/C10H14O4/c1-12-10(11)14-8-4-6-9-5-2-3-7-13-9/h4-6H,2-3,7-8H2,1H3. The smallest absolute Gasteiger partial charge is 0.494 e. The Morgan fingerprint density at radius 3 is 3.21 bits per heavy atom. The number of hydrogen-bond donors (Lipinski definition) is 0. The molecule has 4 nitrogen and oxygen atoms in total. The van der Waals surface area contributed by atoms with Crippen LogP contribution in [0.2, 0.25) is 0 Å². The summed E-state index contributed by atoms with van der Waals surface area (Å²) < 4.78 is 14.3. The van der Waals surface area contributed by atoms with Crippen molar-refractivity contribution in [1.29, 1.82) is 0 Å². The average Bonchev–Trinajstić information content (AvgIpc) is 2.25. The molecule has 0 saturated carbocycles. The molecular weight excluding hydrogens is 184 g/mol. The minimum absolute atomic E-state index is 0.202. The van der Waals surface area contributed by atoms with Gasteiger partial charge in [-0.15, -0.1) is 0 Å². The van der Waals surface area contributed by atoms with Crippen molar-refractivity contribution in [2.45, 2.75) is 12.8 Å². The summed E-state index contributed by atoms with van der Waals surface area (Å²) in [6.07, 6.45) is 6.95. The van der Waals surface area contributed by atoms with Gasteiger partial charge in [0, 0.05) is 0 Å². The molecular formula is C10H14O4. The maximum Gasteiger partial charge on any atom is 0.508 e. The van der Waals surface area contributed by atoms with Crippen LogP contribution in [0.4, 0.5) is 4.79 Å². The van der Waals surface area contributed by atoms with Crippen LogP contribution in [0.25, 0.3) is 0 Å². The van der Waals surface area contributed by atoms with Gasteiger partial charge in [-0.2, -0.15) is 0 Å². The molecule has 78 valence electrons. The summed E-state index contributed by atoms with van der Waals surface area (Å²) in [5, 5.41) is 0. The zero-order valence-electron chi connectivity index (χ0n) is 8.19. The zero-order valence-corrected chi connectivity index (χ0v) is 8.19. The van der Waals surface area contributed by atoms with Gasteiger partial charge in [-0.3, -0.25) is 0 Å². The molecule has 0 spiro atoms. The number of carbonyl (C=O) groups is 1. The number of allylic oxidation sites excluding steroid dienone is 2. The molecule has 0 aromatic carbocycles. The van der Waals surface area contributed by atoms with Gasteiger partial charge >= 0.3 is 6.16 Å². The average molecular weight is 198 g/mol. The van der Waals surface area contributed by atoms with Crippen LogP contribution >= 0.6 is 0 Å². The lowest BCUT2D eigenvalue weighted by atomic mass is 10.2. The molecule has 0 bridgehead atoms. The van der Waals surface area contributed by atoms with Gasteiger partial charge in [0.2, 0.25) is 0 Å². The van der Waals surface area contributed by atoms with Crippen LogP contribution in [-0.2, 0) is 14.2 Å². The fourth-order valence-electron chi connectivity index (χ4n) is 1.03. The summed E-state index contributed by atoms with van der Waals surface area (Å²) >= 11 is 0. The molecule has 0 unspecified atom stereocenters. The van der Waals surface area contributed by atoms with Crippen LogP contribution < -0.4 is 0 Å². The predicted molar refractivity (Wildman–Crippen MR) is 50.8 cm³/mol. The Kier molecular flexibility index (Phi) is 4.61. The third-order valence-electron chi connectivity index (χ3n) is 1.71. The Balaban J connectivity index is 2.19. The van der Waals surface area contributed by atoms with E-state index in [-0.39, 0.29) is 6.61 Å². The highest BCUT2D eigenvalue weighted by Crippen LogP contribution is 2.10. The van der Waals surface area contributed by atoms with Gasteiger partial charge in [-0.1, -0.05) is 0 Å². The van der Waals surface area contributed by atoms with E-state index in [9.17, 15) is 4.79 Å². The molecule has 0 N–H and O–H groups in total. The molecule has 14 heavy (non-hydrogen) atoms. The molecule has 0 aliphatic carbocycles. The van der Waals surface area contributed by atoms with E-state index in [1.807, 2.05) is 6.08 Å². The first kappa shape index (κ1) is 10.6. The summed E-state index contributed by atoms with van der Waals surface area (Å²) in [5.74, 6) is 0.838. The lowest BCUT2D eigenvalue weighted by Gasteiger charge is -2.11. The van der Waals surface area contributed by atoms with Crippen molar-refractivity contribution in [2.24, 2.45) is 0 Å². The van der Waals surface area contributed by atoms with E-state index in [1.165, 1.54) is 7.11 Å². The highest BCUT2D eigenvalue weighted by Gasteiger charge is 2.00. The minimum Gasteiger partial charge on any atom is -0.494 e. The van der Waals surface area contributed by atoms with E-state index in [4.69, 9.17) is 4.74 Å². The monoisotopic (exact) mass is 198 g/mol. The first-order chi connectivity index (χ1) is 6.83. The van der Waals surface area contributed by atoms with Gasteiger partial charge in [0.05, 0.1) is 13.7 Å². The summed E-state index contributed by atoms with van der Waals surface area (Å²) in [7, 11) is 1.28. The summed E-state index contributed by atoms with van der Waals surface area (Å²) in [4.78, 5) is 10.5. The quantitative estimate of drug-likeness (QED) is 0.651. The molecule has 0 fully saturated rings. The van der Waals surface area contributed by atoms with Gasteiger partial charge in [0.25, 0.3) is 0 Å². The molecule has 1 aliphatic heterocycles. The third-order valence-corrected chi connectivity index (χ3v) is 1.71. The molecule has 1 heterocycles. The molecule has 0 atom stereocenters. The molecule has 0 aromatic rings. The van der Waals surface area contributed by atoms with Crippen molar-refractivity contribution in [3.63, 3.8) is 0 Å². The van der Waals surface area contributed by atoms with Gasteiger partial charge in [0.15, 0.2) is 0 Å². The highest BCUT2D eigenvalue weighted by molar-refractivity contribution is 5.59. The number of methoxy groups -OCH3 is 1. The molecule has 0 radical (unpaired) electrons. The van der Waals surface area contributed by atoms with Gasteiger partial charge in [0.1, 0.15) is 12.4 Å². The van der Waals surface area contributed by atoms with Crippen molar-refractivity contribution >= 4 is 6.16 Å². The zero-order chi connectivity index (χ0) is 10.2. The fourth-order valence-corrected chi connectivity index (χ4v) is 1.03. The largest absolute Gasteiger partial charge is 0.508 e. The van der Waals surface area contributed by atoms with Gasteiger partial charge in [-0.25, -0.2) is 4.79 Å². The van der Waals surface area contributed by atoms with Gasteiger partial charge < -0.3 is 14.2 Å². The molecule has 4 heteroatoms. The van der Waals surface area contributed by atoms with Crippen LogP contribution in [0, 0.1) is 0 Å². The summed E-state index contributed by atoms with van der Waals surface area (Å²) in [6, 6.07) is 0. The SMILES string of the molecule is COC(=O)OCC=CC1=CCCCO1. The highest BCUT2D eigenvalue weighted by atomic mass is 16.7. The minimum atomic E-state index is -0.673. The van der Waals surface area contributed by atoms with E-state index in [2.05, 4.69) is 9.47 Å². The van der Waals surface area contributed by atoms with E-state index in [0.717, 1.165) is 25.2 Å². The maximum atomic E-state index is 10.5. The summed E-state index contributed by atoms with van der Waals surface area (Å²) in [5.41, 5.74) is 0. The number of carbonyl (C=O) groups excluding carboxylic acids is 1. The van der Waals surface area contributed by atoms with Crippen LogP contribution in [0.3, 0.4) is 0 Å². The Morgan fingerprint density at radius 2 is 2.57 bits per heavy atom. The lowest BCUT2D eigenvalue weighted by Crippen LogP contribution is -2.04. The van der Waals surface area contributed by atoms with Gasteiger partial charge in [-0.05, 0) is 31.1 Å². The van der Waals surface area contributed by atoms with Crippen LogP contribution in [0.5, 0.6) is 0 Å².